The fourth-order valence-electron chi connectivity index (χ4n) is 0.613. The monoisotopic (exact) mass is 132 g/mol. The van der Waals surface area contributed by atoms with Crippen molar-refractivity contribution in [1.82, 2.24) is 4.98 Å². The Morgan fingerprint density at radius 2 is 2.50 bits per heavy atom. The minimum Gasteiger partial charge on any atom is -0.411 e. The maximum atomic E-state index is 8.12. The molecule has 1 N–H and O–H groups in total. The summed E-state index contributed by atoms with van der Waals surface area (Å²) in [6.07, 6.45) is 2.84. The Hall–Kier alpha value is -1.32. The summed E-state index contributed by atoms with van der Waals surface area (Å²) in [7, 11) is 5.33. The van der Waals surface area contributed by atoms with Crippen molar-refractivity contribution in [3.63, 3.8) is 0 Å². The number of rotatable bonds is 1. The predicted molar refractivity (Wildman–Crippen MR) is 39.0 cm³/mol. The Balaban J connectivity index is 2.95. The quantitative estimate of drug-likeness (QED) is 0.246. The lowest BCUT2D eigenvalue weighted by Crippen LogP contribution is -2.07. The van der Waals surface area contributed by atoms with Crippen LogP contribution in [0.1, 0.15) is 5.56 Å². The molecule has 0 bridgehead atoms. The van der Waals surface area contributed by atoms with Gasteiger partial charge in [0.2, 0.25) is 0 Å². The number of nitrogens with zero attached hydrogens (tertiary/aromatic N) is 2. The maximum absolute atomic E-state index is 8.12. The van der Waals surface area contributed by atoms with E-state index in [4.69, 9.17) is 13.1 Å². The molecule has 2 radical (unpaired) electrons. The number of hydrogen-bond donors (Lipinski definition) is 1. The summed E-state index contributed by atoms with van der Waals surface area (Å²) in [5.74, 6) is 0. The highest BCUT2D eigenvalue weighted by Gasteiger charge is 1.86. The highest BCUT2D eigenvalue weighted by Crippen LogP contribution is 1.87. The molecule has 0 fully saturated rings. The lowest BCUT2D eigenvalue weighted by molar-refractivity contribution is 0.322. The highest BCUT2D eigenvalue weighted by atomic mass is 16.4. The van der Waals surface area contributed by atoms with Crippen molar-refractivity contribution in [3.8, 4) is 0 Å². The van der Waals surface area contributed by atoms with Crippen molar-refractivity contribution in [3.05, 3.63) is 23.9 Å². The molecule has 1 heterocycles. The second kappa shape index (κ2) is 3.01. The van der Waals surface area contributed by atoms with E-state index in [0.29, 0.717) is 5.59 Å². The van der Waals surface area contributed by atoms with Crippen molar-refractivity contribution in [2.45, 2.75) is 0 Å². The van der Waals surface area contributed by atoms with E-state index < -0.39 is 0 Å². The van der Waals surface area contributed by atoms with Crippen molar-refractivity contribution in [1.29, 1.82) is 0 Å². The summed E-state index contributed by atoms with van der Waals surface area (Å²) >= 11 is 0. The van der Waals surface area contributed by atoms with Crippen LogP contribution in [0.4, 0.5) is 0 Å². The Morgan fingerprint density at radius 1 is 1.70 bits per heavy atom. The van der Waals surface area contributed by atoms with Gasteiger partial charge in [-0.3, -0.25) is 4.98 Å². The van der Waals surface area contributed by atoms with E-state index in [2.05, 4.69) is 10.1 Å². The van der Waals surface area contributed by atoms with Crippen LogP contribution < -0.4 is 5.59 Å². The molecule has 0 atom stereocenters. The van der Waals surface area contributed by atoms with Gasteiger partial charge in [-0.2, -0.15) is 0 Å². The summed E-state index contributed by atoms with van der Waals surface area (Å²) < 4.78 is 0. The summed E-state index contributed by atoms with van der Waals surface area (Å²) in [5, 5.41) is 11.0. The van der Waals surface area contributed by atoms with Gasteiger partial charge in [0, 0.05) is 6.20 Å². The zero-order valence-electron chi connectivity index (χ0n) is 5.23. The standard InChI is InChI=1S/C6H5BN2O/c7-6-3-5(4-9-10)1-2-8-6/h1-4,10H/b9-4+. The zero-order valence-corrected chi connectivity index (χ0v) is 5.23. The Kier molecular flexibility index (Phi) is 2.05. The molecule has 0 saturated carbocycles. The first kappa shape index (κ1) is 6.80. The molecule has 0 saturated heterocycles. The maximum Gasteiger partial charge on any atom is 0.141 e. The first-order valence-corrected chi connectivity index (χ1v) is 2.72. The van der Waals surface area contributed by atoms with Gasteiger partial charge in [0.1, 0.15) is 7.85 Å². The molecule has 1 aromatic heterocycles. The van der Waals surface area contributed by atoms with Gasteiger partial charge in [0.05, 0.1) is 6.21 Å². The van der Waals surface area contributed by atoms with Gasteiger partial charge >= 0.3 is 0 Å². The molecule has 0 aliphatic heterocycles. The lowest BCUT2D eigenvalue weighted by Gasteiger charge is -1.91. The highest BCUT2D eigenvalue weighted by molar-refractivity contribution is 6.30. The van der Waals surface area contributed by atoms with Gasteiger partial charge in [-0.1, -0.05) is 5.16 Å². The first-order valence-electron chi connectivity index (χ1n) is 2.72. The third-order valence-electron chi connectivity index (χ3n) is 1.01. The topological polar surface area (TPSA) is 45.5 Å². The van der Waals surface area contributed by atoms with Crippen molar-refractivity contribution >= 4 is 19.7 Å². The molecular formula is C6H5BN2O. The molecule has 48 valence electrons. The molecule has 0 spiro atoms. The summed E-state index contributed by atoms with van der Waals surface area (Å²) in [4.78, 5) is 3.76. The fraction of sp³-hybridized carbons (Fsp3) is 0. The average molecular weight is 132 g/mol. The van der Waals surface area contributed by atoms with E-state index in [1.165, 1.54) is 6.21 Å². The molecule has 0 aliphatic rings. The zero-order chi connectivity index (χ0) is 7.40. The third-order valence-corrected chi connectivity index (χ3v) is 1.01. The van der Waals surface area contributed by atoms with E-state index >= 15 is 0 Å². The third kappa shape index (κ3) is 1.58. The van der Waals surface area contributed by atoms with E-state index in [9.17, 15) is 0 Å². The van der Waals surface area contributed by atoms with Crippen LogP contribution in [0.2, 0.25) is 0 Å². The van der Waals surface area contributed by atoms with E-state index in [0.717, 1.165) is 5.56 Å². The minimum atomic E-state index is 0.414. The van der Waals surface area contributed by atoms with Crippen LogP contribution in [0, 0.1) is 0 Å². The van der Waals surface area contributed by atoms with E-state index in [-0.39, 0.29) is 0 Å². The first-order chi connectivity index (χ1) is 4.83. The lowest BCUT2D eigenvalue weighted by atomic mass is 10.0. The van der Waals surface area contributed by atoms with Crippen LogP contribution >= 0.6 is 0 Å². The number of oxime groups is 1. The van der Waals surface area contributed by atoms with Gasteiger partial charge < -0.3 is 5.21 Å². The summed E-state index contributed by atoms with van der Waals surface area (Å²) in [6, 6.07) is 3.30. The minimum absolute atomic E-state index is 0.414. The van der Waals surface area contributed by atoms with Crippen molar-refractivity contribution in [2.75, 3.05) is 0 Å². The van der Waals surface area contributed by atoms with Crippen LogP contribution in [0.15, 0.2) is 23.5 Å². The molecule has 3 nitrogen and oxygen atoms in total. The predicted octanol–water partition coefficient (Wildman–Crippen LogP) is -0.317. The Bertz CT molecular complexity index is 249. The molecule has 4 heteroatoms. The van der Waals surface area contributed by atoms with Crippen LogP contribution in [0.5, 0.6) is 0 Å². The molecule has 0 aliphatic carbocycles. The number of pyridine rings is 1. The molecule has 1 aromatic rings. The SMILES string of the molecule is [B]c1cc(/C=N/O)ccn1. The Morgan fingerprint density at radius 3 is 3.10 bits per heavy atom. The van der Waals surface area contributed by atoms with Crippen LogP contribution in [0.3, 0.4) is 0 Å². The van der Waals surface area contributed by atoms with Gasteiger partial charge in [0.25, 0.3) is 0 Å². The largest absolute Gasteiger partial charge is 0.411 e. The normalized spacial score (nSPS) is 10.4. The van der Waals surface area contributed by atoms with Gasteiger partial charge in [-0.15, -0.1) is 0 Å². The molecule has 10 heavy (non-hydrogen) atoms. The van der Waals surface area contributed by atoms with E-state index in [1.807, 2.05) is 0 Å². The molecule has 1 rings (SSSR count). The Labute approximate surface area is 59.8 Å². The second-order valence-electron chi connectivity index (χ2n) is 1.76. The smallest absolute Gasteiger partial charge is 0.141 e. The second-order valence-corrected chi connectivity index (χ2v) is 1.76. The van der Waals surface area contributed by atoms with Crippen molar-refractivity contribution in [2.24, 2.45) is 5.16 Å². The molecule has 0 unspecified atom stereocenters. The van der Waals surface area contributed by atoms with Gasteiger partial charge in [-0.05, 0) is 23.3 Å². The van der Waals surface area contributed by atoms with Crippen molar-refractivity contribution < 1.29 is 5.21 Å². The fourth-order valence-corrected chi connectivity index (χ4v) is 0.613. The number of hydrogen-bond acceptors (Lipinski definition) is 3. The summed E-state index contributed by atoms with van der Waals surface area (Å²) in [6.45, 7) is 0. The van der Waals surface area contributed by atoms with Crippen LogP contribution in [-0.2, 0) is 0 Å². The number of aromatic nitrogens is 1. The summed E-state index contributed by atoms with van der Waals surface area (Å²) in [5.41, 5.74) is 1.15. The van der Waals surface area contributed by atoms with Crippen LogP contribution in [-0.4, -0.2) is 24.3 Å². The van der Waals surface area contributed by atoms with Gasteiger partial charge in [0.15, 0.2) is 0 Å². The van der Waals surface area contributed by atoms with Gasteiger partial charge in [-0.25, -0.2) is 0 Å². The molecular weight excluding hydrogens is 127 g/mol. The average Bonchev–Trinajstić information content (AvgIpc) is 1.88. The molecule has 0 amide bonds. The van der Waals surface area contributed by atoms with E-state index in [1.54, 1.807) is 18.3 Å². The molecule has 0 aromatic carbocycles. The van der Waals surface area contributed by atoms with Crippen LogP contribution in [0.25, 0.3) is 0 Å².